The molecule has 0 aliphatic carbocycles. The number of Topliss-reactive ketones (excluding diaryl/α,β-unsaturated/α-hetero) is 1. The van der Waals surface area contributed by atoms with Gasteiger partial charge in [0.2, 0.25) is 0 Å². The number of aryl methyl sites for hydroxylation is 1. The van der Waals surface area contributed by atoms with E-state index in [2.05, 4.69) is 11.7 Å². The molecule has 5 heteroatoms. The quantitative estimate of drug-likeness (QED) is 0.741. The second kappa shape index (κ2) is 6.61. The highest BCUT2D eigenvalue weighted by molar-refractivity contribution is 7.12. The molecule has 0 saturated carbocycles. The number of carbonyl (C=O) groups is 1. The van der Waals surface area contributed by atoms with E-state index in [1.54, 1.807) is 17.4 Å². The van der Waals surface area contributed by atoms with E-state index in [9.17, 15) is 13.6 Å². The van der Waals surface area contributed by atoms with Crippen molar-refractivity contribution >= 4 is 17.1 Å². The fourth-order valence-corrected chi connectivity index (χ4v) is 2.77. The fourth-order valence-electron chi connectivity index (χ4n) is 1.81. The standard InChI is InChI=1S/C15H14F2O2S/c1-2-12-6-7-13(20-12)9-14(18)10-4-3-5-11(8-10)19-15(16)17/h3-8,15H,2,9H2,1H3. The van der Waals surface area contributed by atoms with Crippen molar-refractivity contribution < 1.29 is 18.3 Å². The number of rotatable bonds is 6. The number of alkyl halides is 2. The minimum Gasteiger partial charge on any atom is -0.435 e. The number of hydrogen-bond donors (Lipinski definition) is 0. The second-order valence-electron chi connectivity index (χ2n) is 4.23. The van der Waals surface area contributed by atoms with E-state index in [0.29, 0.717) is 5.56 Å². The molecule has 0 radical (unpaired) electrons. The lowest BCUT2D eigenvalue weighted by Crippen LogP contribution is -2.05. The summed E-state index contributed by atoms with van der Waals surface area (Å²) in [5, 5.41) is 0. The highest BCUT2D eigenvalue weighted by atomic mass is 32.1. The summed E-state index contributed by atoms with van der Waals surface area (Å²) >= 11 is 1.60. The average molecular weight is 296 g/mol. The molecule has 0 atom stereocenters. The van der Waals surface area contributed by atoms with E-state index in [-0.39, 0.29) is 18.0 Å². The molecular formula is C15H14F2O2S. The Bertz CT molecular complexity index is 593. The molecule has 0 bridgehead atoms. The van der Waals surface area contributed by atoms with Crippen LogP contribution in [0.5, 0.6) is 5.75 Å². The summed E-state index contributed by atoms with van der Waals surface area (Å²) in [6.07, 6.45) is 1.22. The van der Waals surface area contributed by atoms with E-state index < -0.39 is 6.61 Å². The van der Waals surface area contributed by atoms with E-state index in [0.717, 1.165) is 11.3 Å². The van der Waals surface area contributed by atoms with Gasteiger partial charge in [0.1, 0.15) is 5.75 Å². The first-order valence-corrected chi connectivity index (χ1v) is 7.05. The fraction of sp³-hybridized carbons (Fsp3) is 0.267. The molecule has 0 amide bonds. The van der Waals surface area contributed by atoms with Crippen LogP contribution in [0.3, 0.4) is 0 Å². The van der Waals surface area contributed by atoms with Crippen LogP contribution in [0.25, 0.3) is 0 Å². The molecule has 2 aromatic rings. The van der Waals surface area contributed by atoms with Gasteiger partial charge in [-0.1, -0.05) is 19.1 Å². The molecule has 0 aliphatic heterocycles. The van der Waals surface area contributed by atoms with Gasteiger partial charge in [-0.25, -0.2) is 0 Å². The Morgan fingerprint density at radius 2 is 2.00 bits per heavy atom. The molecule has 20 heavy (non-hydrogen) atoms. The van der Waals surface area contributed by atoms with Crippen LogP contribution in [0.4, 0.5) is 8.78 Å². The monoisotopic (exact) mass is 296 g/mol. The van der Waals surface area contributed by atoms with Gasteiger partial charge < -0.3 is 4.74 Å². The SMILES string of the molecule is CCc1ccc(CC(=O)c2cccc(OC(F)F)c2)s1. The van der Waals surface area contributed by atoms with Crippen molar-refractivity contribution in [1.82, 2.24) is 0 Å². The van der Waals surface area contributed by atoms with Crippen LogP contribution in [0.1, 0.15) is 27.0 Å². The molecule has 0 unspecified atom stereocenters. The van der Waals surface area contributed by atoms with Crippen molar-refractivity contribution in [2.24, 2.45) is 0 Å². The predicted molar refractivity (Wildman–Crippen MR) is 74.8 cm³/mol. The molecule has 0 fully saturated rings. The lowest BCUT2D eigenvalue weighted by Gasteiger charge is -2.06. The summed E-state index contributed by atoms with van der Waals surface area (Å²) in [7, 11) is 0. The van der Waals surface area contributed by atoms with Crippen LogP contribution in [0.15, 0.2) is 36.4 Å². The number of carbonyl (C=O) groups excluding carboxylic acids is 1. The molecule has 1 heterocycles. The highest BCUT2D eigenvalue weighted by Crippen LogP contribution is 2.21. The molecule has 106 valence electrons. The maximum Gasteiger partial charge on any atom is 0.387 e. The Balaban J connectivity index is 2.08. The average Bonchev–Trinajstić information content (AvgIpc) is 2.86. The summed E-state index contributed by atoms with van der Waals surface area (Å²) in [6, 6.07) is 9.84. The molecule has 0 aliphatic rings. The van der Waals surface area contributed by atoms with Gasteiger partial charge in [0.05, 0.1) is 0 Å². The third-order valence-corrected chi connectivity index (χ3v) is 4.01. The van der Waals surface area contributed by atoms with Crippen molar-refractivity contribution in [2.45, 2.75) is 26.4 Å². The van der Waals surface area contributed by atoms with Gasteiger partial charge in [0.25, 0.3) is 0 Å². The van der Waals surface area contributed by atoms with Crippen LogP contribution in [-0.4, -0.2) is 12.4 Å². The van der Waals surface area contributed by atoms with E-state index in [1.807, 2.05) is 12.1 Å². The van der Waals surface area contributed by atoms with Crippen LogP contribution in [0.2, 0.25) is 0 Å². The molecular weight excluding hydrogens is 282 g/mol. The summed E-state index contributed by atoms with van der Waals surface area (Å²) in [5.74, 6) is -0.0968. The van der Waals surface area contributed by atoms with Crippen molar-refractivity contribution in [3.05, 3.63) is 51.7 Å². The third-order valence-electron chi connectivity index (χ3n) is 2.78. The molecule has 2 rings (SSSR count). The molecule has 1 aromatic carbocycles. The first kappa shape index (κ1) is 14.7. The maximum atomic E-state index is 12.1. The van der Waals surface area contributed by atoms with Gasteiger partial charge >= 0.3 is 6.61 Å². The van der Waals surface area contributed by atoms with E-state index >= 15 is 0 Å². The third kappa shape index (κ3) is 3.87. The molecule has 2 nitrogen and oxygen atoms in total. The first-order valence-electron chi connectivity index (χ1n) is 6.24. The number of ketones is 1. The number of ether oxygens (including phenoxy) is 1. The Hall–Kier alpha value is -1.75. The summed E-state index contributed by atoms with van der Waals surface area (Å²) in [6.45, 7) is -0.826. The Labute approximate surface area is 120 Å². The topological polar surface area (TPSA) is 26.3 Å². The van der Waals surface area contributed by atoms with Crippen LogP contribution >= 0.6 is 11.3 Å². The summed E-state index contributed by atoms with van der Waals surface area (Å²) in [5.41, 5.74) is 0.384. The normalized spacial score (nSPS) is 10.8. The number of halogens is 2. The van der Waals surface area contributed by atoms with E-state index in [4.69, 9.17) is 0 Å². The Morgan fingerprint density at radius 1 is 1.25 bits per heavy atom. The first-order chi connectivity index (χ1) is 9.58. The van der Waals surface area contributed by atoms with Gasteiger partial charge in [0.15, 0.2) is 5.78 Å². The minimum atomic E-state index is -2.88. The van der Waals surface area contributed by atoms with Gasteiger partial charge in [-0.2, -0.15) is 8.78 Å². The largest absolute Gasteiger partial charge is 0.435 e. The van der Waals surface area contributed by atoms with Gasteiger partial charge in [0, 0.05) is 21.7 Å². The Kier molecular flexibility index (Phi) is 4.84. The van der Waals surface area contributed by atoms with Crippen molar-refractivity contribution in [3.8, 4) is 5.75 Å². The van der Waals surface area contributed by atoms with Gasteiger partial charge in [-0.3, -0.25) is 4.79 Å². The number of benzene rings is 1. The minimum absolute atomic E-state index is 0.00581. The zero-order chi connectivity index (χ0) is 14.5. The lowest BCUT2D eigenvalue weighted by molar-refractivity contribution is -0.0498. The smallest absolute Gasteiger partial charge is 0.387 e. The lowest BCUT2D eigenvalue weighted by atomic mass is 10.1. The molecule has 0 N–H and O–H groups in total. The van der Waals surface area contributed by atoms with E-state index in [1.165, 1.54) is 23.1 Å². The maximum absolute atomic E-state index is 12.1. The number of hydrogen-bond acceptors (Lipinski definition) is 3. The molecule has 0 saturated heterocycles. The second-order valence-corrected chi connectivity index (χ2v) is 5.48. The van der Waals surface area contributed by atoms with Crippen molar-refractivity contribution in [3.63, 3.8) is 0 Å². The summed E-state index contributed by atoms with van der Waals surface area (Å²) < 4.78 is 28.6. The highest BCUT2D eigenvalue weighted by Gasteiger charge is 2.11. The zero-order valence-corrected chi connectivity index (χ0v) is 11.8. The van der Waals surface area contributed by atoms with Gasteiger partial charge in [-0.05, 0) is 30.7 Å². The van der Waals surface area contributed by atoms with Crippen molar-refractivity contribution in [1.29, 1.82) is 0 Å². The predicted octanol–water partition coefficient (Wildman–Crippen LogP) is 4.34. The van der Waals surface area contributed by atoms with Gasteiger partial charge in [-0.15, -0.1) is 11.3 Å². The Morgan fingerprint density at radius 3 is 2.65 bits per heavy atom. The summed E-state index contributed by atoms with van der Waals surface area (Å²) in [4.78, 5) is 14.3. The molecule has 1 aromatic heterocycles. The zero-order valence-electron chi connectivity index (χ0n) is 10.9. The van der Waals surface area contributed by atoms with Crippen LogP contribution in [0, 0.1) is 0 Å². The molecule has 0 spiro atoms. The number of thiophene rings is 1. The van der Waals surface area contributed by atoms with Crippen LogP contribution < -0.4 is 4.74 Å². The van der Waals surface area contributed by atoms with Crippen LogP contribution in [-0.2, 0) is 12.8 Å². The van der Waals surface area contributed by atoms with Crippen molar-refractivity contribution in [2.75, 3.05) is 0 Å².